The molecule has 0 spiro atoms. The maximum atomic E-state index is 6.56. The van der Waals surface area contributed by atoms with Gasteiger partial charge in [0.05, 0.1) is 31.8 Å². The number of hydrogen-bond acceptors (Lipinski definition) is 3. The maximum absolute atomic E-state index is 6.56. The topological polar surface area (TPSA) is 27.7 Å². The first-order chi connectivity index (χ1) is 9.06. The number of methoxy groups -OCH3 is 2. The molecule has 0 N–H and O–H groups in total. The smallest absolute Gasteiger partial charge is 0.161 e. The van der Waals surface area contributed by atoms with Gasteiger partial charge in [-0.1, -0.05) is 15.9 Å². The summed E-state index contributed by atoms with van der Waals surface area (Å²) in [6.45, 7) is 2.08. The molecule has 0 bridgehead atoms. The zero-order chi connectivity index (χ0) is 14.0. The summed E-state index contributed by atoms with van der Waals surface area (Å²) >= 11 is 10.1. The van der Waals surface area contributed by atoms with E-state index in [1.165, 1.54) is 0 Å². The zero-order valence-corrected chi connectivity index (χ0v) is 13.6. The van der Waals surface area contributed by atoms with E-state index in [1.807, 2.05) is 12.1 Å². The predicted octanol–water partition coefficient (Wildman–Crippen LogP) is 4.31. The van der Waals surface area contributed by atoms with Crippen molar-refractivity contribution in [1.29, 1.82) is 0 Å². The van der Waals surface area contributed by atoms with Crippen LogP contribution in [0.3, 0.4) is 0 Å². The lowest BCUT2D eigenvalue weighted by atomic mass is 10.0. The molecule has 1 aromatic carbocycles. The average Bonchev–Trinajstić information content (AvgIpc) is 2.84. The van der Waals surface area contributed by atoms with Crippen LogP contribution in [0.4, 0.5) is 0 Å². The van der Waals surface area contributed by atoms with Crippen LogP contribution in [0.1, 0.15) is 30.7 Å². The average molecular weight is 350 g/mol. The molecule has 106 valence electrons. The van der Waals surface area contributed by atoms with E-state index in [1.54, 1.807) is 14.2 Å². The molecule has 1 aromatic rings. The summed E-state index contributed by atoms with van der Waals surface area (Å²) in [4.78, 5) is 0. The largest absolute Gasteiger partial charge is 0.493 e. The quantitative estimate of drug-likeness (QED) is 0.758. The van der Waals surface area contributed by atoms with Crippen LogP contribution in [-0.4, -0.2) is 26.4 Å². The second-order valence-electron chi connectivity index (χ2n) is 4.69. The molecule has 0 radical (unpaired) electrons. The van der Waals surface area contributed by atoms with E-state index in [-0.39, 0.29) is 17.6 Å². The molecule has 0 saturated carbocycles. The van der Waals surface area contributed by atoms with Crippen molar-refractivity contribution in [3.63, 3.8) is 0 Å². The molecule has 1 aliphatic rings. The van der Waals surface area contributed by atoms with E-state index in [2.05, 4.69) is 22.9 Å². The lowest BCUT2D eigenvalue weighted by Crippen LogP contribution is -2.15. The number of ether oxygens (including phenoxy) is 3. The van der Waals surface area contributed by atoms with Crippen molar-refractivity contribution in [2.45, 2.75) is 37.4 Å². The fourth-order valence-electron chi connectivity index (χ4n) is 2.33. The van der Waals surface area contributed by atoms with Gasteiger partial charge in [0, 0.05) is 4.47 Å². The van der Waals surface area contributed by atoms with Gasteiger partial charge in [-0.15, -0.1) is 11.6 Å². The van der Waals surface area contributed by atoms with Gasteiger partial charge in [0.25, 0.3) is 0 Å². The highest BCUT2D eigenvalue weighted by molar-refractivity contribution is 9.10. The van der Waals surface area contributed by atoms with Gasteiger partial charge in [-0.2, -0.15) is 0 Å². The number of alkyl halides is 1. The summed E-state index contributed by atoms with van der Waals surface area (Å²) in [5.74, 6) is 1.36. The third-order valence-corrected chi connectivity index (χ3v) is 4.59. The summed E-state index contributed by atoms with van der Waals surface area (Å²) in [7, 11) is 3.23. The van der Waals surface area contributed by atoms with Crippen molar-refractivity contribution in [2.24, 2.45) is 0 Å². The number of halogens is 2. The van der Waals surface area contributed by atoms with Gasteiger partial charge in [0.15, 0.2) is 11.5 Å². The van der Waals surface area contributed by atoms with E-state index in [0.29, 0.717) is 11.5 Å². The first-order valence-electron chi connectivity index (χ1n) is 6.27. The van der Waals surface area contributed by atoms with Gasteiger partial charge in [-0.05, 0) is 37.5 Å². The Morgan fingerprint density at radius 3 is 2.42 bits per heavy atom. The van der Waals surface area contributed by atoms with Crippen LogP contribution in [0.25, 0.3) is 0 Å². The van der Waals surface area contributed by atoms with Gasteiger partial charge in [-0.3, -0.25) is 0 Å². The Morgan fingerprint density at radius 1 is 1.26 bits per heavy atom. The molecule has 1 heterocycles. The third-order valence-electron chi connectivity index (χ3n) is 3.39. The first-order valence-corrected chi connectivity index (χ1v) is 7.50. The van der Waals surface area contributed by atoms with Crippen LogP contribution in [0.5, 0.6) is 11.5 Å². The van der Waals surface area contributed by atoms with Crippen molar-refractivity contribution in [3.8, 4) is 11.5 Å². The van der Waals surface area contributed by atoms with Gasteiger partial charge < -0.3 is 14.2 Å². The summed E-state index contributed by atoms with van der Waals surface area (Å²) in [5.41, 5.74) is 0.971. The fourth-order valence-corrected chi connectivity index (χ4v) is 3.40. The summed E-state index contributed by atoms with van der Waals surface area (Å²) in [6.07, 6.45) is 2.37. The van der Waals surface area contributed by atoms with E-state index in [9.17, 15) is 0 Å². The van der Waals surface area contributed by atoms with Crippen molar-refractivity contribution < 1.29 is 14.2 Å². The van der Waals surface area contributed by atoms with Crippen LogP contribution in [0.15, 0.2) is 16.6 Å². The van der Waals surface area contributed by atoms with Crippen molar-refractivity contribution >= 4 is 27.5 Å². The maximum Gasteiger partial charge on any atom is 0.161 e. The van der Waals surface area contributed by atoms with Crippen LogP contribution in [0, 0.1) is 0 Å². The van der Waals surface area contributed by atoms with Crippen molar-refractivity contribution in [1.82, 2.24) is 0 Å². The molecule has 3 atom stereocenters. The van der Waals surface area contributed by atoms with Crippen LogP contribution in [0.2, 0.25) is 0 Å². The zero-order valence-electron chi connectivity index (χ0n) is 11.3. The predicted molar refractivity (Wildman–Crippen MR) is 79.4 cm³/mol. The molecule has 0 aromatic heterocycles. The van der Waals surface area contributed by atoms with Crippen LogP contribution < -0.4 is 9.47 Å². The highest BCUT2D eigenvalue weighted by Crippen LogP contribution is 2.42. The summed E-state index contributed by atoms with van der Waals surface area (Å²) < 4.78 is 17.3. The minimum Gasteiger partial charge on any atom is -0.493 e. The van der Waals surface area contributed by atoms with Gasteiger partial charge in [0.2, 0.25) is 0 Å². The van der Waals surface area contributed by atoms with Gasteiger partial charge in [0.1, 0.15) is 0 Å². The number of hydrogen-bond donors (Lipinski definition) is 0. The molecule has 5 heteroatoms. The Kier molecular flexibility index (Phi) is 4.98. The Morgan fingerprint density at radius 2 is 1.89 bits per heavy atom. The standard InChI is InChI=1S/C14H18BrClO3/c1-8-4-5-11(19-8)14(16)9-6-12(17-2)13(18-3)7-10(9)15/h6-8,11,14H,4-5H2,1-3H3. The molecular weight excluding hydrogens is 332 g/mol. The van der Waals surface area contributed by atoms with Crippen LogP contribution in [-0.2, 0) is 4.74 Å². The van der Waals surface area contributed by atoms with Crippen LogP contribution >= 0.6 is 27.5 Å². The molecular formula is C14H18BrClO3. The van der Waals surface area contributed by atoms with Gasteiger partial charge >= 0.3 is 0 Å². The Hall–Kier alpha value is -0.450. The monoisotopic (exact) mass is 348 g/mol. The molecule has 1 fully saturated rings. The Bertz CT molecular complexity index is 453. The minimum absolute atomic E-state index is 0.0473. The molecule has 19 heavy (non-hydrogen) atoms. The summed E-state index contributed by atoms with van der Waals surface area (Å²) in [5, 5.41) is -0.195. The molecule has 0 aliphatic carbocycles. The minimum atomic E-state index is -0.195. The molecule has 1 aliphatic heterocycles. The molecule has 2 rings (SSSR count). The first kappa shape index (κ1) is 14.9. The lowest BCUT2D eigenvalue weighted by molar-refractivity contribution is 0.0532. The second-order valence-corrected chi connectivity index (χ2v) is 6.02. The lowest BCUT2D eigenvalue weighted by Gasteiger charge is -2.20. The highest BCUT2D eigenvalue weighted by atomic mass is 79.9. The Labute approximate surface area is 127 Å². The molecule has 3 nitrogen and oxygen atoms in total. The van der Waals surface area contributed by atoms with E-state index in [0.717, 1.165) is 22.9 Å². The normalized spacial score (nSPS) is 24.3. The molecule has 1 saturated heterocycles. The Balaban J connectivity index is 2.28. The van der Waals surface area contributed by atoms with Crippen molar-refractivity contribution in [2.75, 3.05) is 14.2 Å². The van der Waals surface area contributed by atoms with Gasteiger partial charge in [-0.25, -0.2) is 0 Å². The summed E-state index contributed by atoms with van der Waals surface area (Å²) in [6, 6.07) is 3.79. The third kappa shape index (κ3) is 3.18. The fraction of sp³-hybridized carbons (Fsp3) is 0.571. The second kappa shape index (κ2) is 6.33. The molecule has 3 unspecified atom stereocenters. The number of benzene rings is 1. The highest BCUT2D eigenvalue weighted by Gasteiger charge is 2.31. The molecule has 0 amide bonds. The SMILES string of the molecule is COc1cc(Br)c(C(Cl)C2CCC(C)O2)cc1OC. The van der Waals surface area contributed by atoms with E-state index >= 15 is 0 Å². The van der Waals surface area contributed by atoms with E-state index < -0.39 is 0 Å². The number of rotatable bonds is 4. The van der Waals surface area contributed by atoms with E-state index in [4.69, 9.17) is 25.8 Å². The van der Waals surface area contributed by atoms with Crippen molar-refractivity contribution in [3.05, 3.63) is 22.2 Å².